The van der Waals surface area contributed by atoms with Crippen LogP contribution in [0.25, 0.3) is 10.8 Å². The van der Waals surface area contributed by atoms with Crippen molar-refractivity contribution >= 4 is 27.1 Å². The third-order valence-electron chi connectivity index (χ3n) is 3.29. The van der Waals surface area contributed by atoms with Gasteiger partial charge in [0, 0.05) is 0 Å². The number of sulfone groups is 1. The number of carbonyl (C=O) groups is 1. The van der Waals surface area contributed by atoms with Crippen LogP contribution in [-0.2, 0) is 21.2 Å². The normalized spacial score (nSPS) is 11.7. The number of aromatic nitrogens is 1. The highest BCUT2D eigenvalue weighted by atomic mass is 32.2. The Morgan fingerprint density at radius 3 is 2.58 bits per heavy atom. The summed E-state index contributed by atoms with van der Waals surface area (Å²) < 4.78 is 58.0. The molecule has 0 fully saturated rings. The van der Waals surface area contributed by atoms with Gasteiger partial charge < -0.3 is 9.15 Å². The zero-order valence-electron chi connectivity index (χ0n) is 13.0. The quantitative estimate of drug-likeness (QED) is 0.587. The Morgan fingerprint density at radius 2 is 1.96 bits per heavy atom. The Labute approximate surface area is 151 Å². The van der Waals surface area contributed by atoms with Crippen LogP contribution in [0.1, 0.15) is 16.1 Å². The molecular weight excluding hydrogens is 388 g/mol. The number of esters is 1. The van der Waals surface area contributed by atoms with Crippen LogP contribution in [-0.4, -0.2) is 25.1 Å². The highest BCUT2D eigenvalue weighted by Gasteiger charge is 2.26. The van der Waals surface area contributed by atoms with Crippen LogP contribution in [0.4, 0.5) is 8.78 Å². The van der Waals surface area contributed by atoms with E-state index >= 15 is 0 Å². The van der Waals surface area contributed by atoms with E-state index in [9.17, 15) is 22.0 Å². The lowest BCUT2D eigenvalue weighted by atomic mass is 10.2. The molecule has 0 aliphatic carbocycles. The molecule has 0 radical (unpaired) electrons. The van der Waals surface area contributed by atoms with E-state index in [1.165, 1.54) is 17.6 Å². The molecule has 0 N–H and O–H groups in total. The van der Waals surface area contributed by atoms with Crippen LogP contribution < -0.4 is 0 Å². The summed E-state index contributed by atoms with van der Waals surface area (Å²) in [6.45, 7) is -0.148. The molecule has 26 heavy (non-hydrogen) atoms. The number of carbonyl (C=O) groups excluding carboxylic acids is 1. The summed E-state index contributed by atoms with van der Waals surface area (Å²) in [5, 5.41) is 1.87. The number of rotatable bonds is 6. The number of hydrogen-bond donors (Lipinski definition) is 0. The van der Waals surface area contributed by atoms with Crippen LogP contribution in [0.15, 0.2) is 57.4 Å². The van der Waals surface area contributed by atoms with Crippen molar-refractivity contribution in [2.45, 2.75) is 17.3 Å². The monoisotopic (exact) mass is 399 g/mol. The molecule has 2 heterocycles. The third-order valence-corrected chi connectivity index (χ3v) is 5.54. The summed E-state index contributed by atoms with van der Waals surface area (Å²) in [7, 11) is -4.70. The lowest BCUT2D eigenvalue weighted by Crippen LogP contribution is -2.12. The van der Waals surface area contributed by atoms with Gasteiger partial charge in [0.05, 0.1) is 15.3 Å². The van der Waals surface area contributed by atoms with Crippen LogP contribution in [0.3, 0.4) is 0 Å². The third kappa shape index (κ3) is 3.81. The molecule has 2 aromatic heterocycles. The fourth-order valence-electron chi connectivity index (χ4n) is 1.99. The molecule has 6 nitrogen and oxygen atoms in total. The molecule has 3 aromatic rings. The van der Waals surface area contributed by atoms with Crippen molar-refractivity contribution in [2.24, 2.45) is 0 Å². The van der Waals surface area contributed by atoms with Crippen molar-refractivity contribution in [2.75, 3.05) is 0 Å². The minimum Gasteiger partial charge on any atom is -0.455 e. The van der Waals surface area contributed by atoms with Gasteiger partial charge in [-0.25, -0.2) is 18.2 Å². The van der Waals surface area contributed by atoms with Crippen molar-refractivity contribution in [3.05, 3.63) is 59.3 Å². The van der Waals surface area contributed by atoms with E-state index in [4.69, 9.17) is 9.15 Å². The summed E-state index contributed by atoms with van der Waals surface area (Å²) in [5.41, 5.74) is 0.429. The second kappa shape index (κ2) is 7.34. The number of ether oxygens (including phenoxy) is 1. The molecule has 0 bridgehead atoms. The predicted octanol–water partition coefficient (Wildman–Crippen LogP) is 3.76. The molecule has 3 rings (SSSR count). The lowest BCUT2D eigenvalue weighted by molar-refractivity contribution is 0.0467. The SMILES string of the molecule is O=C(OCc1coc(-c2cccs2)n1)c1ccc(S(=O)(=O)C(F)F)cc1. The predicted molar refractivity (Wildman–Crippen MR) is 88.6 cm³/mol. The van der Waals surface area contributed by atoms with Crippen LogP contribution in [0.5, 0.6) is 0 Å². The zero-order chi connectivity index (χ0) is 18.7. The highest BCUT2D eigenvalue weighted by molar-refractivity contribution is 7.91. The van der Waals surface area contributed by atoms with Crippen molar-refractivity contribution in [3.8, 4) is 10.8 Å². The van der Waals surface area contributed by atoms with Crippen LogP contribution in [0, 0.1) is 0 Å². The molecule has 0 spiro atoms. The second-order valence-corrected chi connectivity index (χ2v) is 7.89. The van der Waals surface area contributed by atoms with Crippen molar-refractivity contribution in [1.29, 1.82) is 0 Å². The summed E-state index contributed by atoms with van der Waals surface area (Å²) in [4.78, 5) is 16.4. The fraction of sp³-hybridized carbons (Fsp3) is 0.125. The molecule has 0 unspecified atom stereocenters. The standard InChI is InChI=1S/C16H11F2NO5S2/c17-16(18)26(21,22)12-5-3-10(4-6-12)15(20)24-9-11-8-23-14(19-11)13-2-1-7-25-13/h1-8,16H,9H2. The smallest absolute Gasteiger partial charge is 0.341 e. The van der Waals surface area contributed by atoms with Gasteiger partial charge in [0.15, 0.2) is 0 Å². The number of hydrogen-bond acceptors (Lipinski definition) is 7. The first kappa shape index (κ1) is 18.2. The van der Waals surface area contributed by atoms with Crippen molar-refractivity contribution in [3.63, 3.8) is 0 Å². The highest BCUT2D eigenvalue weighted by Crippen LogP contribution is 2.24. The van der Waals surface area contributed by atoms with Gasteiger partial charge in [-0.15, -0.1) is 11.3 Å². The maximum Gasteiger partial charge on any atom is 0.341 e. The average Bonchev–Trinajstić information content (AvgIpc) is 3.31. The van der Waals surface area contributed by atoms with Gasteiger partial charge in [-0.2, -0.15) is 8.78 Å². The zero-order valence-corrected chi connectivity index (χ0v) is 14.6. The van der Waals surface area contributed by atoms with Crippen LogP contribution in [0.2, 0.25) is 0 Å². The van der Waals surface area contributed by atoms with E-state index in [-0.39, 0.29) is 12.2 Å². The number of thiophene rings is 1. The van der Waals surface area contributed by atoms with Gasteiger partial charge in [0.1, 0.15) is 18.6 Å². The van der Waals surface area contributed by atoms with Crippen molar-refractivity contribution in [1.82, 2.24) is 4.98 Å². The molecule has 0 amide bonds. The summed E-state index contributed by atoms with van der Waals surface area (Å²) in [5.74, 6) is -3.86. The fourth-order valence-corrected chi connectivity index (χ4v) is 3.37. The van der Waals surface area contributed by atoms with E-state index in [1.807, 2.05) is 17.5 Å². The largest absolute Gasteiger partial charge is 0.455 e. The molecule has 1 aromatic carbocycles. The van der Waals surface area contributed by atoms with Crippen LogP contribution >= 0.6 is 11.3 Å². The number of alkyl halides is 2. The Kier molecular flexibility index (Phi) is 5.14. The minimum atomic E-state index is -4.70. The number of nitrogens with zero attached hydrogens (tertiary/aromatic N) is 1. The number of oxazole rings is 1. The maximum absolute atomic E-state index is 12.5. The molecule has 0 saturated heterocycles. The van der Waals surface area contributed by atoms with E-state index in [0.29, 0.717) is 11.6 Å². The van der Waals surface area contributed by atoms with Gasteiger partial charge in [0.2, 0.25) is 15.7 Å². The summed E-state index contributed by atoms with van der Waals surface area (Å²) in [6, 6.07) is 7.77. The molecule has 0 aliphatic heterocycles. The molecule has 136 valence electrons. The Balaban J connectivity index is 1.64. The van der Waals surface area contributed by atoms with E-state index in [1.54, 1.807) is 0 Å². The van der Waals surface area contributed by atoms with Gasteiger partial charge in [0.25, 0.3) is 0 Å². The Bertz CT molecular complexity index is 996. The molecular formula is C16H11F2NO5S2. The maximum atomic E-state index is 12.5. The van der Waals surface area contributed by atoms with Gasteiger partial charge in [-0.1, -0.05) is 6.07 Å². The Morgan fingerprint density at radius 1 is 1.23 bits per heavy atom. The Hall–Kier alpha value is -2.59. The average molecular weight is 399 g/mol. The summed E-state index contributed by atoms with van der Waals surface area (Å²) >= 11 is 1.45. The first-order valence-corrected chi connectivity index (χ1v) is 9.58. The van der Waals surface area contributed by atoms with Gasteiger partial charge in [-0.05, 0) is 35.7 Å². The summed E-state index contributed by atoms with van der Waals surface area (Å²) in [6.07, 6.45) is 1.36. The second-order valence-electron chi connectivity index (χ2n) is 5.03. The molecule has 0 saturated carbocycles. The number of benzene rings is 1. The van der Waals surface area contributed by atoms with Gasteiger partial charge in [-0.3, -0.25) is 0 Å². The minimum absolute atomic E-state index is 0.0280. The first-order chi connectivity index (χ1) is 12.4. The molecule has 10 heteroatoms. The molecule has 0 aliphatic rings. The van der Waals surface area contributed by atoms with E-state index in [0.717, 1.165) is 29.1 Å². The van der Waals surface area contributed by atoms with Gasteiger partial charge >= 0.3 is 11.7 Å². The molecule has 0 atom stereocenters. The van der Waals surface area contributed by atoms with E-state index < -0.39 is 26.5 Å². The topological polar surface area (TPSA) is 86.5 Å². The van der Waals surface area contributed by atoms with E-state index in [2.05, 4.69) is 4.98 Å². The van der Waals surface area contributed by atoms with Crippen molar-refractivity contribution < 1.29 is 31.1 Å². The first-order valence-electron chi connectivity index (χ1n) is 7.15. The number of halogens is 2. The lowest BCUT2D eigenvalue weighted by Gasteiger charge is -2.05.